The van der Waals surface area contributed by atoms with Crippen LogP contribution in [0.4, 0.5) is 4.39 Å². The van der Waals surface area contributed by atoms with Crippen molar-refractivity contribution in [2.75, 3.05) is 26.2 Å². The Labute approximate surface area is 126 Å². The van der Waals surface area contributed by atoms with E-state index in [0.29, 0.717) is 17.1 Å². The predicted molar refractivity (Wildman–Crippen MR) is 82.6 cm³/mol. The third kappa shape index (κ3) is 4.44. The van der Waals surface area contributed by atoms with Crippen LogP contribution in [0.5, 0.6) is 0 Å². The molecule has 1 heterocycles. The highest BCUT2D eigenvalue weighted by molar-refractivity contribution is 6.31. The number of rotatable bonds is 6. The Bertz CT molecular complexity index is 397. The Kier molecular flexibility index (Phi) is 6.27. The third-order valence-electron chi connectivity index (χ3n) is 4.01. The molecule has 0 aromatic heterocycles. The van der Waals surface area contributed by atoms with E-state index in [0.717, 1.165) is 32.1 Å². The number of likely N-dealkylation sites (tertiary alicyclic amines) is 1. The van der Waals surface area contributed by atoms with Crippen molar-refractivity contribution in [2.24, 2.45) is 5.92 Å². The summed E-state index contributed by atoms with van der Waals surface area (Å²) in [4.78, 5) is 2.31. The van der Waals surface area contributed by atoms with Crippen molar-refractivity contribution in [3.63, 3.8) is 0 Å². The molecule has 1 fully saturated rings. The van der Waals surface area contributed by atoms with Crippen LogP contribution >= 0.6 is 11.6 Å². The van der Waals surface area contributed by atoms with Gasteiger partial charge in [0.25, 0.3) is 0 Å². The molecule has 1 N–H and O–H groups in total. The highest BCUT2D eigenvalue weighted by atomic mass is 35.5. The quantitative estimate of drug-likeness (QED) is 0.806. The Morgan fingerprint density at radius 1 is 1.35 bits per heavy atom. The molecule has 0 spiro atoms. The van der Waals surface area contributed by atoms with Gasteiger partial charge in [-0.2, -0.15) is 0 Å². The summed E-state index contributed by atoms with van der Waals surface area (Å²) in [6.45, 7) is 7.09. The van der Waals surface area contributed by atoms with Crippen molar-refractivity contribution in [3.05, 3.63) is 34.6 Å². The van der Waals surface area contributed by atoms with Crippen molar-refractivity contribution in [2.45, 2.75) is 32.7 Å². The van der Waals surface area contributed by atoms with E-state index in [-0.39, 0.29) is 5.82 Å². The summed E-state index contributed by atoms with van der Waals surface area (Å²) in [7, 11) is 0. The van der Waals surface area contributed by atoms with E-state index in [2.05, 4.69) is 17.1 Å². The largest absolute Gasteiger partial charge is 0.316 e. The van der Waals surface area contributed by atoms with Crippen LogP contribution in [0.3, 0.4) is 0 Å². The average molecular weight is 299 g/mol. The lowest BCUT2D eigenvalue weighted by molar-refractivity contribution is 0.174. The first-order chi connectivity index (χ1) is 9.70. The molecular weight excluding hydrogens is 275 g/mol. The molecule has 0 unspecified atom stereocenters. The Balaban J connectivity index is 1.80. The van der Waals surface area contributed by atoms with E-state index in [4.69, 9.17) is 11.6 Å². The maximum atomic E-state index is 13.8. The minimum atomic E-state index is -0.191. The van der Waals surface area contributed by atoms with Crippen LogP contribution in [0.15, 0.2) is 18.2 Å². The van der Waals surface area contributed by atoms with Crippen LogP contribution in [-0.2, 0) is 6.54 Å². The van der Waals surface area contributed by atoms with E-state index in [1.165, 1.54) is 25.3 Å². The van der Waals surface area contributed by atoms with Gasteiger partial charge in [0.2, 0.25) is 0 Å². The fourth-order valence-corrected chi connectivity index (χ4v) is 2.96. The first kappa shape index (κ1) is 15.7. The summed E-state index contributed by atoms with van der Waals surface area (Å²) >= 11 is 6.09. The molecule has 1 aromatic rings. The van der Waals surface area contributed by atoms with Crippen LogP contribution < -0.4 is 5.32 Å². The van der Waals surface area contributed by atoms with E-state index in [1.54, 1.807) is 12.1 Å². The van der Waals surface area contributed by atoms with Gasteiger partial charge in [-0.3, -0.25) is 4.90 Å². The van der Waals surface area contributed by atoms with Gasteiger partial charge in [-0.25, -0.2) is 4.39 Å². The lowest BCUT2D eigenvalue weighted by Gasteiger charge is -2.32. The molecule has 1 aliphatic rings. The molecule has 0 bridgehead atoms. The molecule has 0 amide bonds. The lowest BCUT2D eigenvalue weighted by atomic mass is 9.96. The molecule has 2 nitrogen and oxygen atoms in total. The maximum Gasteiger partial charge on any atom is 0.129 e. The second-order valence-corrected chi connectivity index (χ2v) is 6.03. The highest BCUT2D eigenvalue weighted by Gasteiger charge is 2.20. The van der Waals surface area contributed by atoms with Crippen LogP contribution in [-0.4, -0.2) is 31.1 Å². The number of benzene rings is 1. The average Bonchev–Trinajstić information content (AvgIpc) is 2.45. The van der Waals surface area contributed by atoms with Crippen LogP contribution in [0.25, 0.3) is 0 Å². The van der Waals surface area contributed by atoms with Crippen LogP contribution in [0.2, 0.25) is 5.02 Å². The molecule has 0 atom stereocenters. The zero-order valence-corrected chi connectivity index (χ0v) is 12.9. The molecular formula is C16H24ClFN2. The maximum absolute atomic E-state index is 13.8. The van der Waals surface area contributed by atoms with Gasteiger partial charge in [0.05, 0.1) is 0 Å². The molecule has 1 aromatic carbocycles. The number of hydrogen-bond acceptors (Lipinski definition) is 2. The van der Waals surface area contributed by atoms with E-state index >= 15 is 0 Å². The minimum absolute atomic E-state index is 0.191. The van der Waals surface area contributed by atoms with Gasteiger partial charge in [-0.1, -0.05) is 24.6 Å². The standard InChI is InChI=1S/C16H24ClFN2/c1-2-8-19-11-13-6-9-20(10-7-13)12-14-15(17)4-3-5-16(14)18/h3-5,13,19H,2,6-12H2,1H3. The lowest BCUT2D eigenvalue weighted by Crippen LogP contribution is -2.37. The number of hydrogen-bond donors (Lipinski definition) is 1. The predicted octanol–water partition coefficient (Wildman–Crippen LogP) is 3.69. The Morgan fingerprint density at radius 2 is 2.10 bits per heavy atom. The van der Waals surface area contributed by atoms with Crippen molar-refractivity contribution < 1.29 is 4.39 Å². The molecule has 0 aliphatic carbocycles. The third-order valence-corrected chi connectivity index (χ3v) is 4.36. The number of nitrogens with one attached hydrogen (secondary N) is 1. The first-order valence-electron chi connectivity index (χ1n) is 7.56. The van der Waals surface area contributed by atoms with Gasteiger partial charge in [-0.05, 0) is 63.5 Å². The highest BCUT2D eigenvalue weighted by Crippen LogP contribution is 2.24. The topological polar surface area (TPSA) is 15.3 Å². The minimum Gasteiger partial charge on any atom is -0.316 e. The van der Waals surface area contributed by atoms with E-state index < -0.39 is 0 Å². The van der Waals surface area contributed by atoms with E-state index in [1.807, 2.05) is 0 Å². The summed E-state index contributed by atoms with van der Waals surface area (Å²) < 4.78 is 13.8. The smallest absolute Gasteiger partial charge is 0.129 e. The molecule has 0 saturated carbocycles. The number of halogens is 2. The second kappa shape index (κ2) is 7.96. The van der Waals surface area contributed by atoms with Crippen molar-refractivity contribution >= 4 is 11.6 Å². The Hall–Kier alpha value is -0.640. The van der Waals surface area contributed by atoms with Crippen molar-refractivity contribution in [1.29, 1.82) is 0 Å². The Morgan fingerprint density at radius 3 is 2.75 bits per heavy atom. The first-order valence-corrected chi connectivity index (χ1v) is 7.94. The molecule has 112 valence electrons. The SMILES string of the molecule is CCCNCC1CCN(Cc2c(F)cccc2Cl)CC1. The number of piperidine rings is 1. The van der Waals surface area contributed by atoms with Gasteiger partial charge in [0, 0.05) is 17.1 Å². The zero-order valence-electron chi connectivity index (χ0n) is 12.2. The summed E-state index contributed by atoms with van der Waals surface area (Å²) in [5.74, 6) is 0.568. The van der Waals surface area contributed by atoms with E-state index in [9.17, 15) is 4.39 Å². The number of nitrogens with zero attached hydrogens (tertiary/aromatic N) is 1. The second-order valence-electron chi connectivity index (χ2n) is 5.62. The van der Waals surface area contributed by atoms with Gasteiger partial charge >= 0.3 is 0 Å². The van der Waals surface area contributed by atoms with Crippen LogP contribution in [0.1, 0.15) is 31.7 Å². The van der Waals surface area contributed by atoms with Gasteiger partial charge < -0.3 is 5.32 Å². The van der Waals surface area contributed by atoms with Gasteiger partial charge in [0.15, 0.2) is 0 Å². The molecule has 4 heteroatoms. The molecule has 20 heavy (non-hydrogen) atoms. The summed E-state index contributed by atoms with van der Waals surface area (Å²) in [5, 5.41) is 4.03. The fraction of sp³-hybridized carbons (Fsp3) is 0.625. The molecule has 0 radical (unpaired) electrons. The normalized spacial score (nSPS) is 17.6. The van der Waals surface area contributed by atoms with Crippen molar-refractivity contribution in [3.8, 4) is 0 Å². The van der Waals surface area contributed by atoms with Crippen LogP contribution in [0, 0.1) is 11.7 Å². The van der Waals surface area contributed by atoms with Gasteiger partial charge in [-0.15, -0.1) is 0 Å². The fourth-order valence-electron chi connectivity index (χ4n) is 2.74. The summed E-state index contributed by atoms with van der Waals surface area (Å²) in [5.41, 5.74) is 0.636. The summed E-state index contributed by atoms with van der Waals surface area (Å²) in [6.07, 6.45) is 3.55. The van der Waals surface area contributed by atoms with Crippen molar-refractivity contribution in [1.82, 2.24) is 10.2 Å². The monoisotopic (exact) mass is 298 g/mol. The molecule has 1 saturated heterocycles. The van der Waals surface area contributed by atoms with Gasteiger partial charge in [0.1, 0.15) is 5.82 Å². The summed E-state index contributed by atoms with van der Waals surface area (Å²) in [6, 6.07) is 4.91. The molecule has 1 aliphatic heterocycles. The molecule has 2 rings (SSSR count). The zero-order chi connectivity index (χ0) is 14.4.